The first kappa shape index (κ1) is 29.3. The lowest BCUT2D eigenvalue weighted by molar-refractivity contribution is -0.424. The molecule has 0 aliphatic heterocycles. The van der Waals surface area contributed by atoms with E-state index in [9.17, 15) is 52.7 Å². The fourth-order valence-corrected chi connectivity index (χ4v) is 3.51. The van der Waals surface area contributed by atoms with Gasteiger partial charge in [0.05, 0.1) is 0 Å². The van der Waals surface area contributed by atoms with Crippen LogP contribution in [-0.4, -0.2) is 35.5 Å². The minimum atomic E-state index is -7.56. The molecule has 2 rings (SSSR count). The summed E-state index contributed by atoms with van der Waals surface area (Å²) < 4.78 is 170. The minimum Gasteiger partial charge on any atom is -0.199 e. The molecule has 0 nitrogen and oxygen atoms in total. The third-order valence-electron chi connectivity index (χ3n) is 4.78. The van der Waals surface area contributed by atoms with Crippen molar-refractivity contribution < 1.29 is 52.7 Å². The Morgan fingerprint density at radius 2 is 0.647 bits per heavy atom. The Hall–Kier alpha value is -0.940. The number of halogens is 14. The molecule has 0 aliphatic carbocycles. The number of alkyl halides is 12. The Bertz CT molecular complexity index is 904. The van der Waals surface area contributed by atoms with Crippen LogP contribution in [-0.2, 0) is 12.8 Å². The van der Waals surface area contributed by atoms with Crippen LogP contribution in [0.4, 0.5) is 52.7 Å². The van der Waals surface area contributed by atoms with Gasteiger partial charge in [-0.1, -0.05) is 24.3 Å². The van der Waals surface area contributed by atoms with Crippen molar-refractivity contribution in [1.29, 1.82) is 0 Å². The highest BCUT2D eigenvalue weighted by Crippen LogP contribution is 2.60. The van der Waals surface area contributed by atoms with Crippen LogP contribution in [0.5, 0.6) is 0 Å². The normalized spacial score (nSPS) is 14.4. The fraction of sp³-hybridized carbons (Fsp3) is 0.400. The molecule has 0 unspecified atom stereocenters. The van der Waals surface area contributed by atoms with Crippen LogP contribution in [0.1, 0.15) is 11.1 Å². The minimum absolute atomic E-state index is 0.420. The van der Waals surface area contributed by atoms with Crippen LogP contribution < -0.4 is 0 Å². The van der Waals surface area contributed by atoms with Gasteiger partial charge < -0.3 is 0 Å². The first-order valence-corrected chi connectivity index (χ1v) is 11.1. The summed E-state index contributed by atoms with van der Waals surface area (Å²) in [7, 11) is 0. The van der Waals surface area contributed by atoms with Gasteiger partial charge in [-0.15, -0.1) is 0 Å². The smallest absolute Gasteiger partial charge is 0.199 e. The summed E-state index contributed by atoms with van der Waals surface area (Å²) in [6, 6.07) is 7.62. The Balaban J connectivity index is 2.43. The van der Waals surface area contributed by atoms with Gasteiger partial charge in [0.15, 0.2) is 0 Å². The standard InChI is InChI=1S/C20H12F12I2/c21-15(22,9-11-1-5-13(33)6-2-11)17(25,26)19(29,30)20(31,32)18(27,28)16(23,24)10-12-3-7-14(34)8-4-12/h1-8H,9-10H2. The number of rotatable bonds is 9. The van der Waals surface area contributed by atoms with Crippen molar-refractivity contribution in [2.24, 2.45) is 0 Å². The lowest BCUT2D eigenvalue weighted by Crippen LogP contribution is -2.71. The van der Waals surface area contributed by atoms with Crippen LogP contribution in [0, 0.1) is 7.14 Å². The van der Waals surface area contributed by atoms with Crippen molar-refractivity contribution in [1.82, 2.24) is 0 Å². The van der Waals surface area contributed by atoms with Crippen molar-refractivity contribution in [2.45, 2.75) is 48.4 Å². The molecule has 0 saturated carbocycles. The molecule has 0 aromatic heterocycles. The highest BCUT2D eigenvalue weighted by molar-refractivity contribution is 14.1. The summed E-state index contributed by atoms with van der Waals surface area (Å²) >= 11 is 3.38. The zero-order valence-corrected chi connectivity index (χ0v) is 20.6. The molecule has 0 heterocycles. The largest absolute Gasteiger partial charge is 0.384 e. The van der Waals surface area contributed by atoms with Crippen molar-refractivity contribution in [3.63, 3.8) is 0 Å². The molecule has 0 atom stereocenters. The summed E-state index contributed by atoms with van der Waals surface area (Å²) in [5, 5.41) is 0. The number of benzene rings is 2. The Morgan fingerprint density at radius 3 is 0.882 bits per heavy atom. The second-order valence-electron chi connectivity index (χ2n) is 7.31. The topological polar surface area (TPSA) is 0 Å². The van der Waals surface area contributed by atoms with Crippen LogP contribution in [0.2, 0.25) is 0 Å². The first-order chi connectivity index (χ1) is 15.2. The summed E-state index contributed by atoms with van der Waals surface area (Å²) in [5.74, 6) is -41.4. The monoisotopic (exact) mass is 734 g/mol. The van der Waals surface area contributed by atoms with Gasteiger partial charge in [-0.25, -0.2) is 0 Å². The summed E-state index contributed by atoms with van der Waals surface area (Å²) in [6.45, 7) is 0. The molecular weight excluding hydrogens is 722 g/mol. The molecule has 2 aromatic rings. The molecule has 0 N–H and O–H groups in total. The van der Waals surface area contributed by atoms with Crippen molar-refractivity contribution in [3.8, 4) is 0 Å². The van der Waals surface area contributed by atoms with E-state index in [2.05, 4.69) is 0 Å². The maximum absolute atomic E-state index is 14.1. The molecule has 0 spiro atoms. The molecule has 0 saturated heterocycles. The lowest BCUT2D eigenvalue weighted by Gasteiger charge is -2.41. The number of hydrogen-bond acceptors (Lipinski definition) is 0. The second-order valence-corrected chi connectivity index (χ2v) is 9.80. The maximum Gasteiger partial charge on any atom is 0.384 e. The summed E-state index contributed by atoms with van der Waals surface area (Å²) in [4.78, 5) is 0. The van der Waals surface area contributed by atoms with E-state index in [-0.39, 0.29) is 0 Å². The zero-order valence-electron chi connectivity index (χ0n) is 16.3. The molecule has 14 heteroatoms. The van der Waals surface area contributed by atoms with Gasteiger partial charge in [0, 0.05) is 20.0 Å². The predicted octanol–water partition coefficient (Wildman–Crippen LogP) is 8.49. The van der Waals surface area contributed by atoms with Crippen LogP contribution in [0.25, 0.3) is 0 Å². The molecule has 34 heavy (non-hydrogen) atoms. The van der Waals surface area contributed by atoms with E-state index in [0.29, 0.717) is 7.14 Å². The molecule has 2 aromatic carbocycles. The molecular formula is C20H12F12I2. The van der Waals surface area contributed by atoms with E-state index in [1.807, 2.05) is 0 Å². The van der Waals surface area contributed by atoms with E-state index < -0.39 is 59.5 Å². The molecule has 190 valence electrons. The van der Waals surface area contributed by atoms with Crippen molar-refractivity contribution in [3.05, 3.63) is 66.8 Å². The zero-order chi connectivity index (χ0) is 26.4. The van der Waals surface area contributed by atoms with Crippen LogP contribution >= 0.6 is 45.2 Å². The average Bonchev–Trinajstić information content (AvgIpc) is 2.70. The van der Waals surface area contributed by atoms with Crippen LogP contribution in [0.15, 0.2) is 48.5 Å². The van der Waals surface area contributed by atoms with E-state index in [4.69, 9.17) is 0 Å². The quantitative estimate of drug-likeness (QED) is 0.179. The first-order valence-electron chi connectivity index (χ1n) is 8.95. The molecule has 0 aliphatic rings. The van der Waals surface area contributed by atoms with E-state index in [1.165, 1.54) is 0 Å². The second kappa shape index (κ2) is 9.50. The molecule has 0 radical (unpaired) electrons. The average molecular weight is 734 g/mol. The Labute approximate surface area is 212 Å². The Kier molecular flexibility index (Phi) is 8.18. The van der Waals surface area contributed by atoms with Crippen molar-refractivity contribution >= 4 is 45.2 Å². The van der Waals surface area contributed by atoms with Gasteiger partial charge in [0.1, 0.15) is 0 Å². The lowest BCUT2D eigenvalue weighted by atomic mass is 9.87. The number of hydrogen-bond donors (Lipinski definition) is 0. The molecule has 0 fully saturated rings. The van der Waals surface area contributed by atoms with E-state index in [0.717, 1.165) is 48.5 Å². The third-order valence-corrected chi connectivity index (χ3v) is 6.22. The van der Waals surface area contributed by atoms with Gasteiger partial charge in [-0.3, -0.25) is 0 Å². The predicted molar refractivity (Wildman–Crippen MR) is 115 cm³/mol. The van der Waals surface area contributed by atoms with Gasteiger partial charge in [-0.05, 0) is 80.6 Å². The Morgan fingerprint density at radius 1 is 0.412 bits per heavy atom. The summed E-state index contributed by atoms with van der Waals surface area (Å²) in [6.07, 6.45) is -4.49. The van der Waals surface area contributed by atoms with Gasteiger partial charge in [0.25, 0.3) is 0 Å². The fourth-order valence-electron chi connectivity index (χ4n) is 2.79. The highest BCUT2D eigenvalue weighted by atomic mass is 127. The van der Waals surface area contributed by atoms with Crippen molar-refractivity contribution in [2.75, 3.05) is 0 Å². The van der Waals surface area contributed by atoms with E-state index in [1.54, 1.807) is 45.2 Å². The highest BCUT2D eigenvalue weighted by Gasteiger charge is 2.89. The molecule has 0 bridgehead atoms. The van der Waals surface area contributed by atoms with Crippen LogP contribution in [0.3, 0.4) is 0 Å². The maximum atomic E-state index is 14.1. The van der Waals surface area contributed by atoms with Gasteiger partial charge in [-0.2, -0.15) is 52.7 Å². The third kappa shape index (κ3) is 5.12. The van der Waals surface area contributed by atoms with Gasteiger partial charge in [0.2, 0.25) is 0 Å². The molecule has 0 amide bonds. The SMILES string of the molecule is FC(F)(Cc1ccc(I)cc1)C(F)(F)C(F)(F)C(F)(F)C(F)(F)C(F)(F)Cc1ccc(I)cc1. The van der Waals surface area contributed by atoms with E-state index >= 15 is 0 Å². The van der Waals surface area contributed by atoms with Gasteiger partial charge >= 0.3 is 35.5 Å². The summed E-state index contributed by atoms with van der Waals surface area (Å²) in [5.41, 5.74) is -1.42.